The van der Waals surface area contributed by atoms with Crippen molar-refractivity contribution in [3.63, 3.8) is 0 Å². The number of benzene rings is 2. The molecule has 0 radical (unpaired) electrons. The van der Waals surface area contributed by atoms with E-state index in [9.17, 15) is 19.5 Å². The zero-order valence-electron chi connectivity index (χ0n) is 20.7. The Labute approximate surface area is 213 Å². The quantitative estimate of drug-likeness (QED) is 0.432. The van der Waals surface area contributed by atoms with Crippen molar-refractivity contribution in [2.24, 2.45) is 11.1 Å². The molecular weight excluding hydrogens is 475 g/mol. The van der Waals surface area contributed by atoms with Crippen molar-refractivity contribution in [2.45, 2.75) is 44.7 Å². The summed E-state index contributed by atoms with van der Waals surface area (Å²) in [6.07, 6.45) is 4.35. The third-order valence-corrected chi connectivity index (χ3v) is 7.49. The first-order chi connectivity index (χ1) is 17.6. The van der Waals surface area contributed by atoms with Crippen LogP contribution in [-0.4, -0.2) is 47.2 Å². The number of amides is 1. The van der Waals surface area contributed by atoms with Crippen LogP contribution in [0.4, 0.5) is 10.1 Å². The minimum atomic E-state index is -1.31. The summed E-state index contributed by atoms with van der Waals surface area (Å²) in [5.41, 5.74) is 6.73. The van der Waals surface area contributed by atoms with Crippen LogP contribution < -0.4 is 21.4 Å². The molecule has 2 aromatic carbocycles. The predicted molar refractivity (Wildman–Crippen MR) is 139 cm³/mol. The Bertz CT molecular complexity index is 1420. The number of carbonyl (C=O) groups is 2. The monoisotopic (exact) mass is 506 g/mol. The first-order valence-corrected chi connectivity index (χ1v) is 12.6. The maximum atomic E-state index is 15.3. The molecule has 1 aliphatic heterocycles. The van der Waals surface area contributed by atoms with Gasteiger partial charge in [0.05, 0.1) is 17.2 Å². The Morgan fingerprint density at radius 3 is 2.65 bits per heavy atom. The highest BCUT2D eigenvalue weighted by Crippen LogP contribution is 2.39. The average Bonchev–Trinajstić information content (AvgIpc) is 3.64. The van der Waals surface area contributed by atoms with Crippen molar-refractivity contribution in [3.8, 4) is 0 Å². The van der Waals surface area contributed by atoms with Crippen LogP contribution in [0.3, 0.4) is 0 Å². The third kappa shape index (κ3) is 5.09. The number of fused-ring (bicyclic) bond motifs is 1. The summed E-state index contributed by atoms with van der Waals surface area (Å²) < 4.78 is 17.1. The maximum absolute atomic E-state index is 15.3. The SMILES string of the molecule is CC1(CNC(=O)C(N)Cc2ccccc2)CCN(c2cc3c(cc2F)c(=O)c(C(=O)O)cn3C2CC2)C1. The molecule has 2 heterocycles. The van der Waals surface area contributed by atoms with Gasteiger partial charge in [0.1, 0.15) is 11.4 Å². The number of carboxylic acids is 1. The minimum Gasteiger partial charge on any atom is -0.477 e. The summed E-state index contributed by atoms with van der Waals surface area (Å²) in [6.45, 7) is 3.57. The second-order valence-corrected chi connectivity index (χ2v) is 10.6. The van der Waals surface area contributed by atoms with Crippen LogP contribution in [0.15, 0.2) is 53.5 Å². The molecule has 0 spiro atoms. The molecule has 37 heavy (non-hydrogen) atoms. The van der Waals surface area contributed by atoms with Crippen molar-refractivity contribution in [2.75, 3.05) is 24.5 Å². The number of nitrogens with two attached hydrogens (primary N) is 1. The second kappa shape index (κ2) is 9.63. The molecule has 1 amide bonds. The Kier molecular flexibility index (Phi) is 6.49. The normalized spacial score (nSPS) is 20.2. The van der Waals surface area contributed by atoms with Crippen molar-refractivity contribution < 1.29 is 19.1 Å². The smallest absolute Gasteiger partial charge is 0.341 e. The van der Waals surface area contributed by atoms with E-state index in [-0.39, 0.29) is 28.3 Å². The standard InChI is InChI=1S/C28H31FN4O4/c1-28(15-31-26(35)22(30)11-17-5-3-2-4-6-17)9-10-32(16-28)24-13-23-19(12-21(24)29)25(34)20(27(36)37)14-33(23)18-7-8-18/h2-6,12-14,18,22H,7-11,15-16,30H2,1H3,(H,31,35)(H,36,37). The fourth-order valence-corrected chi connectivity index (χ4v) is 5.17. The lowest BCUT2D eigenvalue weighted by molar-refractivity contribution is -0.122. The summed E-state index contributed by atoms with van der Waals surface area (Å²) >= 11 is 0. The number of carbonyl (C=O) groups excluding carboxylic acids is 1. The van der Waals surface area contributed by atoms with Crippen LogP contribution in [0.25, 0.3) is 10.9 Å². The number of pyridine rings is 1. The fourth-order valence-electron chi connectivity index (χ4n) is 5.17. The molecule has 2 aliphatic rings. The number of hydrogen-bond donors (Lipinski definition) is 3. The largest absolute Gasteiger partial charge is 0.477 e. The lowest BCUT2D eigenvalue weighted by atomic mass is 9.89. The van der Waals surface area contributed by atoms with Gasteiger partial charge in [-0.1, -0.05) is 37.3 Å². The Morgan fingerprint density at radius 2 is 1.97 bits per heavy atom. The molecule has 0 bridgehead atoms. The maximum Gasteiger partial charge on any atom is 0.341 e. The van der Waals surface area contributed by atoms with Gasteiger partial charge >= 0.3 is 5.97 Å². The van der Waals surface area contributed by atoms with E-state index in [1.54, 1.807) is 10.6 Å². The Balaban J connectivity index is 1.32. The van der Waals surface area contributed by atoms with Gasteiger partial charge in [0.15, 0.2) is 0 Å². The number of anilines is 1. The Hall–Kier alpha value is -3.72. The highest BCUT2D eigenvalue weighted by Gasteiger charge is 2.36. The number of carboxylic acid groups (broad SMARTS) is 1. The molecule has 3 aromatic rings. The van der Waals surface area contributed by atoms with Crippen LogP contribution in [0.2, 0.25) is 0 Å². The first-order valence-electron chi connectivity index (χ1n) is 12.6. The first kappa shape index (κ1) is 25.0. The van der Waals surface area contributed by atoms with Crippen molar-refractivity contribution in [1.82, 2.24) is 9.88 Å². The van der Waals surface area contributed by atoms with Crippen molar-refractivity contribution >= 4 is 28.5 Å². The molecule has 2 unspecified atom stereocenters. The molecule has 8 nitrogen and oxygen atoms in total. The molecule has 2 atom stereocenters. The highest BCUT2D eigenvalue weighted by atomic mass is 19.1. The van der Waals surface area contributed by atoms with Gasteiger partial charge in [-0.3, -0.25) is 9.59 Å². The number of aromatic carboxylic acids is 1. The summed E-state index contributed by atoms with van der Waals surface area (Å²) in [7, 11) is 0. The van der Waals surface area contributed by atoms with Gasteiger partial charge in [-0.25, -0.2) is 9.18 Å². The van der Waals surface area contributed by atoms with Gasteiger partial charge < -0.3 is 25.6 Å². The molecule has 1 aromatic heterocycles. The number of nitrogens with zero attached hydrogens (tertiary/aromatic N) is 2. The topological polar surface area (TPSA) is 118 Å². The van der Waals surface area contributed by atoms with Crippen molar-refractivity contribution in [1.29, 1.82) is 0 Å². The molecule has 194 valence electrons. The summed E-state index contributed by atoms with van der Waals surface area (Å²) in [5.74, 6) is -2.10. The number of halogens is 1. The molecule has 1 saturated heterocycles. The minimum absolute atomic E-state index is 0.0784. The summed E-state index contributed by atoms with van der Waals surface area (Å²) in [4.78, 5) is 38.9. The lowest BCUT2D eigenvalue weighted by Gasteiger charge is -2.27. The number of rotatable bonds is 8. The molecule has 1 saturated carbocycles. The molecule has 1 aliphatic carbocycles. The number of aromatic nitrogens is 1. The summed E-state index contributed by atoms with van der Waals surface area (Å²) in [6, 6.07) is 11.9. The third-order valence-electron chi connectivity index (χ3n) is 7.49. The van der Waals surface area contributed by atoms with E-state index >= 15 is 4.39 Å². The van der Waals surface area contributed by atoms with E-state index in [4.69, 9.17) is 5.73 Å². The number of hydrogen-bond acceptors (Lipinski definition) is 5. The molecular formula is C28H31FN4O4. The van der Waals surface area contributed by atoms with Crippen molar-refractivity contribution in [3.05, 3.63) is 75.8 Å². The van der Waals surface area contributed by atoms with E-state index in [1.807, 2.05) is 42.2 Å². The molecule has 5 rings (SSSR count). The van der Waals surface area contributed by atoms with Crippen LogP contribution >= 0.6 is 0 Å². The second-order valence-electron chi connectivity index (χ2n) is 10.6. The lowest BCUT2D eigenvalue weighted by Crippen LogP contribution is -2.46. The van der Waals surface area contributed by atoms with Crippen LogP contribution in [0, 0.1) is 11.2 Å². The van der Waals surface area contributed by atoms with Gasteiger partial charge in [-0.15, -0.1) is 0 Å². The average molecular weight is 507 g/mol. The van der Waals surface area contributed by atoms with Gasteiger partial charge in [0, 0.05) is 42.7 Å². The van der Waals surface area contributed by atoms with Crippen LogP contribution in [0.5, 0.6) is 0 Å². The zero-order chi connectivity index (χ0) is 26.3. The van der Waals surface area contributed by atoms with E-state index in [1.165, 1.54) is 12.3 Å². The van der Waals surface area contributed by atoms with E-state index < -0.39 is 23.3 Å². The van der Waals surface area contributed by atoms with Gasteiger partial charge in [-0.05, 0) is 43.4 Å². The molecule has 2 fully saturated rings. The van der Waals surface area contributed by atoms with Gasteiger partial charge in [-0.2, -0.15) is 0 Å². The molecule has 4 N–H and O–H groups in total. The Morgan fingerprint density at radius 1 is 1.24 bits per heavy atom. The van der Waals surface area contributed by atoms with Crippen LogP contribution in [-0.2, 0) is 11.2 Å². The van der Waals surface area contributed by atoms with E-state index in [2.05, 4.69) is 5.32 Å². The van der Waals surface area contributed by atoms with Gasteiger partial charge in [0.2, 0.25) is 11.3 Å². The molecule has 9 heteroatoms. The van der Waals surface area contributed by atoms with Gasteiger partial charge in [0.25, 0.3) is 0 Å². The predicted octanol–water partition coefficient (Wildman–Crippen LogP) is 3.08. The van der Waals surface area contributed by atoms with Crippen LogP contribution in [0.1, 0.15) is 48.1 Å². The number of nitrogens with one attached hydrogen (secondary N) is 1. The summed E-state index contributed by atoms with van der Waals surface area (Å²) in [5, 5.41) is 12.5. The van der Waals surface area contributed by atoms with E-state index in [0.29, 0.717) is 37.3 Å². The zero-order valence-corrected chi connectivity index (χ0v) is 20.7. The fraction of sp³-hybridized carbons (Fsp3) is 0.393. The highest BCUT2D eigenvalue weighted by molar-refractivity contribution is 5.93. The van der Waals surface area contributed by atoms with E-state index in [0.717, 1.165) is 24.8 Å².